The first kappa shape index (κ1) is 22.4. The average molecular weight is 404 g/mol. The highest BCUT2D eigenvalue weighted by molar-refractivity contribution is 6.01. The summed E-state index contributed by atoms with van der Waals surface area (Å²) in [6.45, 7) is 10.8. The van der Waals surface area contributed by atoms with E-state index in [0.717, 1.165) is 47.3 Å². The topological polar surface area (TPSA) is 37.6 Å². The Hall–Kier alpha value is -2.29. The molecule has 1 aromatic heterocycles. The quantitative estimate of drug-likeness (QED) is 0.453. The molecule has 160 valence electrons. The maximum absolute atomic E-state index is 5.02. The minimum Gasteiger partial charge on any atom is -0.284 e. The molecule has 3 nitrogen and oxygen atoms in total. The Morgan fingerprint density at radius 1 is 0.900 bits per heavy atom. The molecule has 1 aliphatic rings. The van der Waals surface area contributed by atoms with Crippen molar-refractivity contribution in [3.63, 3.8) is 0 Å². The highest BCUT2D eigenvalue weighted by Crippen LogP contribution is 2.28. The van der Waals surface area contributed by atoms with Crippen LogP contribution in [0.5, 0.6) is 0 Å². The highest BCUT2D eigenvalue weighted by Gasteiger charge is 2.19. The lowest BCUT2D eigenvalue weighted by molar-refractivity contribution is 0.318. The van der Waals surface area contributed by atoms with E-state index in [1.54, 1.807) is 0 Å². The zero-order chi connectivity index (χ0) is 21.5. The number of hydrogen-bond acceptors (Lipinski definition) is 3. The number of benzene rings is 1. The second-order valence-electron chi connectivity index (χ2n) is 8.59. The van der Waals surface area contributed by atoms with E-state index in [4.69, 9.17) is 15.0 Å². The fourth-order valence-corrected chi connectivity index (χ4v) is 4.51. The molecule has 1 aliphatic carbocycles. The maximum atomic E-state index is 5.02. The predicted octanol–water partition coefficient (Wildman–Crippen LogP) is 7.12. The zero-order valence-electron chi connectivity index (χ0n) is 19.4. The van der Waals surface area contributed by atoms with Crippen LogP contribution < -0.4 is 0 Å². The van der Waals surface area contributed by atoms with E-state index in [2.05, 4.69) is 71.0 Å². The summed E-state index contributed by atoms with van der Waals surface area (Å²) in [5.74, 6) is 0.721. The Balaban J connectivity index is 1.86. The van der Waals surface area contributed by atoms with E-state index in [1.807, 2.05) is 0 Å². The standard InChI is InChI=1S/C27H37N3/c1-6-22-15-11-16-23(7-2)27(22)29-21(5)26-18-12-17-25(30-26)20(4)28-19(3)24-13-9-8-10-14-24/h11-12,15-19,24H,6-10,13-14H2,1-5H3/t19-/m0/s1. The fraction of sp³-hybridized carbons (Fsp3) is 0.519. The van der Waals surface area contributed by atoms with Crippen LogP contribution in [0, 0.1) is 5.92 Å². The lowest BCUT2D eigenvalue weighted by atomic mass is 9.85. The van der Waals surface area contributed by atoms with Crippen LogP contribution in [0.3, 0.4) is 0 Å². The van der Waals surface area contributed by atoms with E-state index in [1.165, 1.54) is 43.2 Å². The van der Waals surface area contributed by atoms with Crippen LogP contribution in [-0.4, -0.2) is 22.4 Å². The average Bonchev–Trinajstić information content (AvgIpc) is 2.79. The molecule has 30 heavy (non-hydrogen) atoms. The fourth-order valence-electron chi connectivity index (χ4n) is 4.51. The van der Waals surface area contributed by atoms with Crippen LogP contribution in [0.1, 0.15) is 89.2 Å². The van der Waals surface area contributed by atoms with Gasteiger partial charge in [-0.15, -0.1) is 0 Å². The van der Waals surface area contributed by atoms with Gasteiger partial charge in [0.15, 0.2) is 0 Å². The van der Waals surface area contributed by atoms with E-state index in [9.17, 15) is 0 Å². The Morgan fingerprint density at radius 2 is 1.47 bits per heavy atom. The Bertz CT molecular complexity index is 882. The van der Waals surface area contributed by atoms with Crippen LogP contribution in [-0.2, 0) is 12.8 Å². The second kappa shape index (κ2) is 10.7. The van der Waals surface area contributed by atoms with Crippen molar-refractivity contribution < 1.29 is 0 Å². The van der Waals surface area contributed by atoms with Crippen LogP contribution >= 0.6 is 0 Å². The summed E-state index contributed by atoms with van der Waals surface area (Å²) in [4.78, 5) is 15.0. The molecule has 0 bridgehead atoms. The minimum absolute atomic E-state index is 0.370. The second-order valence-corrected chi connectivity index (χ2v) is 8.59. The van der Waals surface area contributed by atoms with Crippen molar-refractivity contribution in [3.8, 4) is 0 Å². The van der Waals surface area contributed by atoms with E-state index in [-0.39, 0.29) is 0 Å². The third-order valence-electron chi connectivity index (χ3n) is 6.46. The third-order valence-corrected chi connectivity index (χ3v) is 6.46. The molecule has 1 saturated carbocycles. The van der Waals surface area contributed by atoms with Gasteiger partial charge in [-0.3, -0.25) is 9.98 Å². The number of rotatable bonds is 7. The molecule has 1 aromatic carbocycles. The van der Waals surface area contributed by atoms with Crippen LogP contribution in [0.2, 0.25) is 0 Å². The molecule has 1 atom stereocenters. The van der Waals surface area contributed by atoms with E-state index >= 15 is 0 Å². The Kier molecular flexibility index (Phi) is 7.95. The zero-order valence-corrected chi connectivity index (χ0v) is 19.4. The SMILES string of the molecule is CCc1cccc(CC)c1N=C(C)c1cccc(C(C)=N[C@@H](C)C2CCCCC2)n1. The molecule has 2 aromatic rings. The first-order valence-corrected chi connectivity index (χ1v) is 11.7. The number of pyridine rings is 1. The number of hydrogen-bond donors (Lipinski definition) is 0. The molecule has 0 N–H and O–H groups in total. The summed E-state index contributed by atoms with van der Waals surface area (Å²) in [6.07, 6.45) is 8.69. The summed E-state index contributed by atoms with van der Waals surface area (Å²) in [7, 11) is 0. The number of para-hydroxylation sites is 1. The summed E-state index contributed by atoms with van der Waals surface area (Å²) < 4.78 is 0. The van der Waals surface area contributed by atoms with Gasteiger partial charge in [-0.2, -0.15) is 0 Å². The monoisotopic (exact) mass is 403 g/mol. The third kappa shape index (κ3) is 5.44. The van der Waals surface area contributed by atoms with Gasteiger partial charge in [0.1, 0.15) is 0 Å². The molecule has 3 rings (SSSR count). The van der Waals surface area contributed by atoms with Crippen molar-refractivity contribution in [2.75, 3.05) is 0 Å². The van der Waals surface area contributed by atoms with Crippen molar-refractivity contribution in [1.82, 2.24) is 4.98 Å². The minimum atomic E-state index is 0.370. The first-order valence-electron chi connectivity index (χ1n) is 11.7. The van der Waals surface area contributed by atoms with Gasteiger partial charge >= 0.3 is 0 Å². The number of aryl methyl sites for hydroxylation is 2. The lowest BCUT2D eigenvalue weighted by Gasteiger charge is -2.25. The van der Waals surface area contributed by atoms with Crippen LogP contribution in [0.15, 0.2) is 46.4 Å². The normalized spacial score (nSPS) is 17.2. The van der Waals surface area contributed by atoms with Gasteiger partial charge in [0.2, 0.25) is 0 Å². The maximum Gasteiger partial charge on any atom is 0.0849 e. The van der Waals surface area contributed by atoms with Crippen molar-refractivity contribution in [2.24, 2.45) is 15.9 Å². The number of aromatic nitrogens is 1. The Labute approximate surface area is 182 Å². The molecule has 0 radical (unpaired) electrons. The summed E-state index contributed by atoms with van der Waals surface area (Å²) in [5.41, 5.74) is 7.59. The van der Waals surface area contributed by atoms with Crippen molar-refractivity contribution in [1.29, 1.82) is 0 Å². The molecule has 0 amide bonds. The van der Waals surface area contributed by atoms with Gasteiger partial charge in [-0.25, -0.2) is 4.98 Å². The largest absolute Gasteiger partial charge is 0.284 e. The van der Waals surface area contributed by atoms with Crippen LogP contribution in [0.4, 0.5) is 5.69 Å². The van der Waals surface area contributed by atoms with Gasteiger partial charge in [-0.1, -0.05) is 57.4 Å². The molecule has 1 heterocycles. The molecule has 1 fully saturated rings. The van der Waals surface area contributed by atoms with Gasteiger partial charge < -0.3 is 0 Å². The highest BCUT2D eigenvalue weighted by atomic mass is 14.9. The summed E-state index contributed by atoms with van der Waals surface area (Å²) in [5, 5.41) is 0. The molecular weight excluding hydrogens is 366 g/mol. The van der Waals surface area contributed by atoms with Crippen molar-refractivity contribution in [2.45, 2.75) is 85.6 Å². The molecule has 3 heteroatoms. The number of aliphatic imine (C=N–C) groups is 2. The summed E-state index contributed by atoms with van der Waals surface area (Å²) >= 11 is 0. The Morgan fingerprint density at radius 3 is 2.07 bits per heavy atom. The molecule has 0 saturated heterocycles. The van der Waals surface area contributed by atoms with Gasteiger partial charge in [-0.05, 0) is 75.6 Å². The van der Waals surface area contributed by atoms with Crippen LogP contribution in [0.25, 0.3) is 0 Å². The predicted molar refractivity (Wildman–Crippen MR) is 130 cm³/mol. The molecular formula is C27H37N3. The van der Waals surface area contributed by atoms with E-state index in [0.29, 0.717) is 6.04 Å². The van der Waals surface area contributed by atoms with Gasteiger partial charge in [0.05, 0.1) is 34.5 Å². The van der Waals surface area contributed by atoms with Crippen molar-refractivity contribution in [3.05, 3.63) is 58.9 Å². The van der Waals surface area contributed by atoms with Gasteiger partial charge in [0, 0.05) is 0 Å². The van der Waals surface area contributed by atoms with Gasteiger partial charge in [0.25, 0.3) is 0 Å². The number of nitrogens with zero attached hydrogens (tertiary/aromatic N) is 3. The molecule has 0 unspecified atom stereocenters. The lowest BCUT2D eigenvalue weighted by Crippen LogP contribution is -2.20. The van der Waals surface area contributed by atoms with Crippen molar-refractivity contribution >= 4 is 17.1 Å². The smallest absolute Gasteiger partial charge is 0.0849 e. The summed E-state index contributed by atoms with van der Waals surface area (Å²) in [6, 6.07) is 13.1. The van der Waals surface area contributed by atoms with E-state index < -0.39 is 0 Å². The molecule has 0 spiro atoms. The first-order chi connectivity index (χ1) is 14.5. The molecule has 0 aliphatic heterocycles.